The van der Waals surface area contributed by atoms with Crippen LogP contribution in [0.3, 0.4) is 0 Å². The topological polar surface area (TPSA) is 55.1 Å². The molecule has 1 fully saturated rings. The molecule has 110 valence electrons. The summed E-state index contributed by atoms with van der Waals surface area (Å²) >= 11 is 1.90. The lowest BCUT2D eigenvalue weighted by Crippen LogP contribution is -2.19. The first-order valence-corrected chi connectivity index (χ1v) is 8.34. The maximum atomic E-state index is 11.9. The number of para-hydroxylation sites is 1. The van der Waals surface area contributed by atoms with Crippen LogP contribution in [0, 0.1) is 0 Å². The molecule has 0 radical (unpaired) electrons. The molecular weight excluding hydrogens is 268 g/mol. The molecule has 1 aliphatic rings. The molecular formula is C16H24N2OS. The third-order valence-electron chi connectivity index (χ3n) is 3.58. The van der Waals surface area contributed by atoms with Crippen molar-refractivity contribution in [1.82, 2.24) is 0 Å². The summed E-state index contributed by atoms with van der Waals surface area (Å²) in [4.78, 5) is 13.1. The quantitative estimate of drug-likeness (QED) is 0.838. The predicted molar refractivity (Wildman–Crippen MR) is 86.1 cm³/mol. The van der Waals surface area contributed by atoms with Crippen molar-refractivity contribution in [2.45, 2.75) is 61.6 Å². The summed E-state index contributed by atoms with van der Waals surface area (Å²) in [5.74, 6) is 0.0572. The molecule has 1 amide bonds. The monoisotopic (exact) mass is 292 g/mol. The molecule has 1 aliphatic carbocycles. The van der Waals surface area contributed by atoms with E-state index in [-0.39, 0.29) is 11.9 Å². The lowest BCUT2D eigenvalue weighted by atomic mass is 10.2. The number of thioether (sulfide) groups is 1. The second kappa shape index (κ2) is 7.70. The summed E-state index contributed by atoms with van der Waals surface area (Å²) in [6.07, 6.45) is 6.46. The van der Waals surface area contributed by atoms with E-state index in [1.54, 1.807) is 0 Å². The Morgan fingerprint density at radius 3 is 2.80 bits per heavy atom. The SMILES string of the molecule is CC(N)CCC(=O)Nc1ccccc1SC1CCCC1. The molecule has 1 saturated carbocycles. The van der Waals surface area contributed by atoms with Crippen molar-refractivity contribution in [2.24, 2.45) is 5.73 Å². The molecule has 0 bridgehead atoms. The van der Waals surface area contributed by atoms with Crippen molar-refractivity contribution in [2.75, 3.05) is 5.32 Å². The molecule has 0 saturated heterocycles. The third-order valence-corrected chi connectivity index (χ3v) is 5.00. The molecule has 3 nitrogen and oxygen atoms in total. The van der Waals surface area contributed by atoms with E-state index >= 15 is 0 Å². The minimum absolute atomic E-state index is 0.0572. The Hall–Kier alpha value is -1.00. The van der Waals surface area contributed by atoms with Gasteiger partial charge >= 0.3 is 0 Å². The van der Waals surface area contributed by atoms with Crippen LogP contribution in [-0.4, -0.2) is 17.2 Å². The zero-order valence-corrected chi connectivity index (χ0v) is 12.9. The number of hydrogen-bond donors (Lipinski definition) is 2. The molecule has 20 heavy (non-hydrogen) atoms. The zero-order chi connectivity index (χ0) is 14.4. The van der Waals surface area contributed by atoms with Gasteiger partial charge in [-0.2, -0.15) is 0 Å². The standard InChI is InChI=1S/C16H24N2OS/c1-12(17)10-11-16(19)18-14-8-4-5-9-15(14)20-13-6-2-3-7-13/h4-5,8-9,12-13H,2-3,6-7,10-11,17H2,1H3,(H,18,19). The highest BCUT2D eigenvalue weighted by Gasteiger charge is 2.18. The summed E-state index contributed by atoms with van der Waals surface area (Å²) in [6.45, 7) is 1.93. The lowest BCUT2D eigenvalue weighted by molar-refractivity contribution is -0.116. The van der Waals surface area contributed by atoms with Crippen LogP contribution in [0.1, 0.15) is 45.4 Å². The Morgan fingerprint density at radius 1 is 1.40 bits per heavy atom. The van der Waals surface area contributed by atoms with Crippen molar-refractivity contribution in [3.8, 4) is 0 Å². The zero-order valence-electron chi connectivity index (χ0n) is 12.1. The van der Waals surface area contributed by atoms with Crippen LogP contribution in [0.25, 0.3) is 0 Å². The van der Waals surface area contributed by atoms with Crippen molar-refractivity contribution >= 4 is 23.4 Å². The van der Waals surface area contributed by atoms with Crippen LogP contribution < -0.4 is 11.1 Å². The fourth-order valence-electron chi connectivity index (χ4n) is 2.43. The van der Waals surface area contributed by atoms with Crippen LogP contribution in [-0.2, 0) is 4.79 Å². The van der Waals surface area contributed by atoms with E-state index in [1.807, 2.05) is 36.9 Å². The van der Waals surface area contributed by atoms with E-state index in [4.69, 9.17) is 5.73 Å². The fraction of sp³-hybridized carbons (Fsp3) is 0.562. The van der Waals surface area contributed by atoms with Crippen LogP contribution in [0.2, 0.25) is 0 Å². The van der Waals surface area contributed by atoms with Gasteiger partial charge in [-0.15, -0.1) is 11.8 Å². The molecule has 0 aromatic heterocycles. The average molecular weight is 292 g/mol. The van der Waals surface area contributed by atoms with Crippen LogP contribution in [0.15, 0.2) is 29.2 Å². The summed E-state index contributed by atoms with van der Waals surface area (Å²) in [6, 6.07) is 8.17. The predicted octanol–water partition coefficient (Wildman–Crippen LogP) is 3.79. The van der Waals surface area contributed by atoms with Crippen molar-refractivity contribution in [3.05, 3.63) is 24.3 Å². The van der Waals surface area contributed by atoms with Gasteiger partial charge in [0, 0.05) is 22.6 Å². The first-order valence-electron chi connectivity index (χ1n) is 7.46. The molecule has 0 heterocycles. The number of rotatable bonds is 6. The van der Waals surface area contributed by atoms with Crippen molar-refractivity contribution < 1.29 is 4.79 Å². The van der Waals surface area contributed by atoms with Gasteiger partial charge in [0.15, 0.2) is 0 Å². The summed E-state index contributed by atoms with van der Waals surface area (Å²) in [7, 11) is 0. The van der Waals surface area contributed by atoms with Gasteiger partial charge in [-0.25, -0.2) is 0 Å². The van der Waals surface area contributed by atoms with Gasteiger partial charge < -0.3 is 11.1 Å². The highest BCUT2D eigenvalue weighted by molar-refractivity contribution is 8.00. The number of carbonyl (C=O) groups is 1. The number of nitrogens with one attached hydrogen (secondary N) is 1. The Balaban J connectivity index is 1.94. The molecule has 1 aromatic rings. The second-order valence-electron chi connectivity index (χ2n) is 5.58. The van der Waals surface area contributed by atoms with Gasteiger partial charge in [0.05, 0.1) is 5.69 Å². The number of hydrogen-bond acceptors (Lipinski definition) is 3. The van der Waals surface area contributed by atoms with Gasteiger partial charge in [0.1, 0.15) is 0 Å². The molecule has 1 aromatic carbocycles. The highest BCUT2D eigenvalue weighted by atomic mass is 32.2. The van der Waals surface area contributed by atoms with E-state index in [0.717, 1.165) is 12.1 Å². The van der Waals surface area contributed by atoms with Crippen LogP contribution >= 0.6 is 11.8 Å². The Morgan fingerprint density at radius 2 is 2.10 bits per heavy atom. The van der Waals surface area contributed by atoms with E-state index in [1.165, 1.54) is 30.6 Å². The number of benzene rings is 1. The maximum Gasteiger partial charge on any atom is 0.224 e. The maximum absolute atomic E-state index is 11.9. The summed E-state index contributed by atoms with van der Waals surface area (Å²) < 4.78 is 0. The third kappa shape index (κ3) is 4.84. The molecule has 1 atom stereocenters. The van der Waals surface area contributed by atoms with Gasteiger partial charge in [0.2, 0.25) is 5.91 Å². The first-order chi connectivity index (χ1) is 9.65. The number of anilines is 1. The minimum Gasteiger partial charge on any atom is -0.328 e. The lowest BCUT2D eigenvalue weighted by Gasteiger charge is -2.14. The van der Waals surface area contributed by atoms with Crippen LogP contribution in [0.5, 0.6) is 0 Å². The number of amides is 1. The van der Waals surface area contributed by atoms with Gasteiger partial charge in [-0.1, -0.05) is 25.0 Å². The Bertz CT molecular complexity index is 442. The van der Waals surface area contributed by atoms with Gasteiger partial charge in [-0.05, 0) is 38.3 Å². The van der Waals surface area contributed by atoms with E-state index in [0.29, 0.717) is 11.7 Å². The minimum atomic E-state index is 0.0572. The number of nitrogens with two attached hydrogens (primary N) is 1. The molecule has 1 unspecified atom stereocenters. The van der Waals surface area contributed by atoms with Crippen molar-refractivity contribution in [1.29, 1.82) is 0 Å². The van der Waals surface area contributed by atoms with E-state index < -0.39 is 0 Å². The largest absolute Gasteiger partial charge is 0.328 e. The Labute approximate surface area is 125 Å². The van der Waals surface area contributed by atoms with Gasteiger partial charge in [0.25, 0.3) is 0 Å². The highest BCUT2D eigenvalue weighted by Crippen LogP contribution is 2.37. The van der Waals surface area contributed by atoms with Crippen LogP contribution in [0.4, 0.5) is 5.69 Å². The molecule has 4 heteroatoms. The van der Waals surface area contributed by atoms with E-state index in [9.17, 15) is 4.79 Å². The molecule has 0 spiro atoms. The smallest absolute Gasteiger partial charge is 0.224 e. The number of carbonyl (C=O) groups excluding carboxylic acids is 1. The summed E-state index contributed by atoms with van der Waals surface area (Å²) in [5.41, 5.74) is 6.63. The normalized spacial score (nSPS) is 17.1. The van der Waals surface area contributed by atoms with E-state index in [2.05, 4.69) is 11.4 Å². The fourth-order valence-corrected chi connectivity index (χ4v) is 3.76. The second-order valence-corrected chi connectivity index (χ2v) is 6.93. The first kappa shape index (κ1) is 15.4. The average Bonchev–Trinajstić information content (AvgIpc) is 2.92. The van der Waals surface area contributed by atoms with Gasteiger partial charge in [-0.3, -0.25) is 4.79 Å². The molecule has 0 aliphatic heterocycles. The van der Waals surface area contributed by atoms with Crippen molar-refractivity contribution in [3.63, 3.8) is 0 Å². The molecule has 2 rings (SSSR count). The molecule has 3 N–H and O–H groups in total. The summed E-state index contributed by atoms with van der Waals surface area (Å²) in [5, 5.41) is 3.73. The Kier molecular flexibility index (Phi) is 5.92.